The molecule has 24 heavy (non-hydrogen) atoms. The molecule has 0 saturated heterocycles. The molecule has 0 bridgehead atoms. The molecule has 0 atom stereocenters. The molecule has 1 amide bonds. The van der Waals surface area contributed by atoms with Crippen molar-refractivity contribution in [1.29, 1.82) is 0 Å². The van der Waals surface area contributed by atoms with Gasteiger partial charge in [0.2, 0.25) is 5.91 Å². The Kier molecular flexibility index (Phi) is 4.16. The first-order valence-corrected chi connectivity index (χ1v) is 7.78. The monoisotopic (exact) mass is 321 g/mol. The number of carbonyl (C=O) groups is 1. The topological polar surface area (TPSA) is 64.0 Å². The lowest BCUT2D eigenvalue weighted by molar-refractivity contribution is -0.115. The van der Waals surface area contributed by atoms with Crippen molar-refractivity contribution in [3.05, 3.63) is 69.6 Å². The molecule has 0 saturated carbocycles. The SMILES string of the molecule is Cc1cccc(NC(=O)Cc2nn(C)c(=O)c3ccccc23)c1C. The molecular weight excluding hydrogens is 302 g/mol. The molecule has 3 aromatic rings. The van der Waals surface area contributed by atoms with E-state index in [9.17, 15) is 9.59 Å². The van der Waals surface area contributed by atoms with Gasteiger partial charge in [-0.1, -0.05) is 30.3 Å². The largest absolute Gasteiger partial charge is 0.325 e. The van der Waals surface area contributed by atoms with Gasteiger partial charge in [-0.05, 0) is 37.1 Å². The van der Waals surface area contributed by atoms with Gasteiger partial charge in [-0.3, -0.25) is 9.59 Å². The molecule has 0 unspecified atom stereocenters. The minimum absolute atomic E-state index is 0.113. The number of nitrogens with zero attached hydrogens (tertiary/aromatic N) is 2. The third-order valence-corrected chi connectivity index (χ3v) is 4.24. The Morgan fingerprint density at radius 2 is 1.79 bits per heavy atom. The summed E-state index contributed by atoms with van der Waals surface area (Å²) in [7, 11) is 1.60. The molecular formula is C19H19N3O2. The van der Waals surface area contributed by atoms with E-state index < -0.39 is 0 Å². The number of aryl methyl sites for hydroxylation is 2. The van der Waals surface area contributed by atoms with Crippen molar-refractivity contribution in [1.82, 2.24) is 9.78 Å². The molecule has 0 radical (unpaired) electrons. The van der Waals surface area contributed by atoms with Crippen LogP contribution in [0.1, 0.15) is 16.8 Å². The first-order valence-electron chi connectivity index (χ1n) is 7.78. The third-order valence-electron chi connectivity index (χ3n) is 4.24. The summed E-state index contributed by atoms with van der Waals surface area (Å²) in [6, 6.07) is 13.0. The highest BCUT2D eigenvalue weighted by Gasteiger charge is 2.13. The van der Waals surface area contributed by atoms with Crippen molar-refractivity contribution in [2.45, 2.75) is 20.3 Å². The molecule has 3 rings (SSSR count). The first-order chi connectivity index (χ1) is 11.5. The van der Waals surface area contributed by atoms with Crippen molar-refractivity contribution in [2.75, 3.05) is 5.32 Å². The fourth-order valence-corrected chi connectivity index (χ4v) is 2.74. The highest BCUT2D eigenvalue weighted by atomic mass is 16.1. The van der Waals surface area contributed by atoms with Crippen LogP contribution in [0.4, 0.5) is 5.69 Å². The predicted octanol–water partition coefficient (Wildman–Crippen LogP) is 2.73. The zero-order chi connectivity index (χ0) is 17.3. The van der Waals surface area contributed by atoms with E-state index >= 15 is 0 Å². The van der Waals surface area contributed by atoms with Crippen molar-refractivity contribution in [3.63, 3.8) is 0 Å². The highest BCUT2D eigenvalue weighted by Crippen LogP contribution is 2.19. The van der Waals surface area contributed by atoms with Gasteiger partial charge in [0.1, 0.15) is 0 Å². The minimum Gasteiger partial charge on any atom is -0.325 e. The standard InChI is InChI=1S/C19H19N3O2/c1-12-7-6-10-16(13(12)2)20-18(23)11-17-14-8-4-5-9-15(14)19(24)22(3)21-17/h4-10H,11H2,1-3H3,(H,20,23). The molecule has 5 heteroatoms. The summed E-state index contributed by atoms with van der Waals surface area (Å²) < 4.78 is 1.28. The van der Waals surface area contributed by atoms with Crippen LogP contribution in [0.15, 0.2) is 47.3 Å². The molecule has 0 aliphatic heterocycles. The van der Waals surface area contributed by atoms with E-state index in [2.05, 4.69) is 10.4 Å². The van der Waals surface area contributed by atoms with Crippen LogP contribution >= 0.6 is 0 Å². The number of fused-ring (bicyclic) bond motifs is 1. The number of nitrogens with one attached hydrogen (secondary N) is 1. The summed E-state index contributed by atoms with van der Waals surface area (Å²) >= 11 is 0. The van der Waals surface area contributed by atoms with Crippen molar-refractivity contribution in [2.24, 2.45) is 7.05 Å². The molecule has 1 N–H and O–H groups in total. The van der Waals surface area contributed by atoms with E-state index in [0.717, 1.165) is 22.2 Å². The lowest BCUT2D eigenvalue weighted by atomic mass is 10.1. The van der Waals surface area contributed by atoms with Crippen LogP contribution in [0.2, 0.25) is 0 Å². The second kappa shape index (κ2) is 6.28. The smallest absolute Gasteiger partial charge is 0.274 e. The van der Waals surface area contributed by atoms with Crippen LogP contribution < -0.4 is 10.9 Å². The van der Waals surface area contributed by atoms with Crippen molar-refractivity contribution >= 4 is 22.4 Å². The normalized spacial score (nSPS) is 10.8. The predicted molar refractivity (Wildman–Crippen MR) is 95.2 cm³/mol. The molecule has 122 valence electrons. The molecule has 1 aromatic heterocycles. The van der Waals surface area contributed by atoms with E-state index in [4.69, 9.17) is 0 Å². The summed E-state index contributed by atoms with van der Waals surface area (Å²) in [5.74, 6) is -0.153. The maximum absolute atomic E-state index is 12.4. The maximum atomic E-state index is 12.4. The van der Waals surface area contributed by atoms with Crippen LogP contribution in [0, 0.1) is 13.8 Å². The number of rotatable bonds is 3. The van der Waals surface area contributed by atoms with Gasteiger partial charge < -0.3 is 5.32 Å². The van der Waals surface area contributed by atoms with Gasteiger partial charge in [-0.2, -0.15) is 5.10 Å². The average molecular weight is 321 g/mol. The zero-order valence-corrected chi connectivity index (χ0v) is 14.0. The molecule has 2 aromatic carbocycles. The summed E-state index contributed by atoms with van der Waals surface area (Å²) in [6.45, 7) is 3.98. The van der Waals surface area contributed by atoms with Crippen LogP contribution in [-0.4, -0.2) is 15.7 Å². The fraction of sp³-hybridized carbons (Fsp3) is 0.211. The number of hydrogen-bond donors (Lipinski definition) is 1. The van der Waals surface area contributed by atoms with Gasteiger partial charge in [0.25, 0.3) is 5.56 Å². The van der Waals surface area contributed by atoms with Gasteiger partial charge >= 0.3 is 0 Å². The average Bonchev–Trinajstić information content (AvgIpc) is 2.56. The third kappa shape index (κ3) is 2.93. The highest BCUT2D eigenvalue weighted by molar-refractivity contribution is 5.95. The maximum Gasteiger partial charge on any atom is 0.274 e. The summed E-state index contributed by atoms with van der Waals surface area (Å²) in [6.07, 6.45) is 0.113. The Hall–Kier alpha value is -2.95. The molecule has 1 heterocycles. The molecule has 5 nitrogen and oxygen atoms in total. The molecule has 0 fully saturated rings. The Morgan fingerprint density at radius 3 is 2.54 bits per heavy atom. The molecule has 0 spiro atoms. The minimum atomic E-state index is -0.163. The van der Waals surface area contributed by atoms with E-state index in [1.807, 2.05) is 50.2 Å². The summed E-state index contributed by atoms with van der Waals surface area (Å²) in [5.41, 5.74) is 3.40. The van der Waals surface area contributed by atoms with Crippen LogP contribution in [0.25, 0.3) is 10.8 Å². The van der Waals surface area contributed by atoms with Gasteiger partial charge in [0, 0.05) is 18.1 Å². The second-order valence-corrected chi connectivity index (χ2v) is 5.89. The molecule has 0 aliphatic rings. The van der Waals surface area contributed by atoms with Crippen molar-refractivity contribution < 1.29 is 4.79 Å². The lowest BCUT2D eigenvalue weighted by Crippen LogP contribution is -2.24. The van der Waals surface area contributed by atoms with Crippen LogP contribution in [-0.2, 0) is 18.3 Å². The van der Waals surface area contributed by atoms with E-state index in [-0.39, 0.29) is 17.9 Å². The molecule has 0 aliphatic carbocycles. The van der Waals surface area contributed by atoms with Crippen LogP contribution in [0.3, 0.4) is 0 Å². The van der Waals surface area contributed by atoms with Crippen molar-refractivity contribution in [3.8, 4) is 0 Å². The zero-order valence-electron chi connectivity index (χ0n) is 14.0. The van der Waals surface area contributed by atoms with Crippen LogP contribution in [0.5, 0.6) is 0 Å². The van der Waals surface area contributed by atoms with Gasteiger partial charge in [-0.25, -0.2) is 4.68 Å². The quantitative estimate of drug-likeness (QED) is 0.807. The van der Waals surface area contributed by atoms with Gasteiger partial charge in [0.15, 0.2) is 0 Å². The Morgan fingerprint density at radius 1 is 1.08 bits per heavy atom. The van der Waals surface area contributed by atoms with E-state index in [1.54, 1.807) is 13.1 Å². The van der Waals surface area contributed by atoms with E-state index in [1.165, 1.54) is 4.68 Å². The number of aromatic nitrogens is 2. The summed E-state index contributed by atoms with van der Waals surface area (Å²) in [5, 5.41) is 8.49. The second-order valence-electron chi connectivity index (χ2n) is 5.89. The number of carbonyl (C=O) groups excluding carboxylic acids is 1. The van der Waals surface area contributed by atoms with Gasteiger partial charge in [-0.15, -0.1) is 0 Å². The Bertz CT molecular complexity index is 990. The number of amides is 1. The first kappa shape index (κ1) is 15.9. The lowest BCUT2D eigenvalue weighted by Gasteiger charge is -2.11. The Balaban J connectivity index is 1.93. The number of benzene rings is 2. The number of anilines is 1. The Labute approximate surface area is 139 Å². The fourth-order valence-electron chi connectivity index (χ4n) is 2.74. The number of hydrogen-bond acceptors (Lipinski definition) is 3. The van der Waals surface area contributed by atoms with Gasteiger partial charge in [0.05, 0.1) is 17.5 Å². The van der Waals surface area contributed by atoms with E-state index in [0.29, 0.717) is 11.1 Å². The summed E-state index contributed by atoms with van der Waals surface area (Å²) in [4.78, 5) is 24.6.